The van der Waals surface area contributed by atoms with Crippen molar-refractivity contribution in [3.63, 3.8) is 0 Å². The Labute approximate surface area is 138 Å². The Hall–Kier alpha value is -1.41. The fourth-order valence-electron chi connectivity index (χ4n) is 3.14. The van der Waals surface area contributed by atoms with Crippen molar-refractivity contribution in [3.8, 4) is 0 Å². The SMILES string of the molecule is CCS(=O)(=O)N1CCN(c2nc(C)cc(N3CCCC3)n2)CC1. The molecule has 8 heteroatoms. The maximum Gasteiger partial charge on any atom is 0.227 e. The minimum absolute atomic E-state index is 0.160. The molecular weight excluding hydrogens is 314 g/mol. The van der Waals surface area contributed by atoms with Crippen LogP contribution in [0.5, 0.6) is 0 Å². The van der Waals surface area contributed by atoms with Gasteiger partial charge in [0.2, 0.25) is 16.0 Å². The quantitative estimate of drug-likeness (QED) is 0.810. The Morgan fingerprint density at radius 1 is 1.00 bits per heavy atom. The number of anilines is 2. The molecule has 3 rings (SSSR count). The molecule has 3 heterocycles. The minimum Gasteiger partial charge on any atom is -0.356 e. The Morgan fingerprint density at radius 2 is 1.65 bits per heavy atom. The summed E-state index contributed by atoms with van der Waals surface area (Å²) in [4.78, 5) is 13.7. The fraction of sp³-hybridized carbons (Fsp3) is 0.733. The topological polar surface area (TPSA) is 69.6 Å². The number of sulfonamides is 1. The summed E-state index contributed by atoms with van der Waals surface area (Å²) >= 11 is 0. The molecule has 23 heavy (non-hydrogen) atoms. The van der Waals surface area contributed by atoms with Crippen LogP contribution in [0.4, 0.5) is 11.8 Å². The number of nitrogens with zero attached hydrogens (tertiary/aromatic N) is 5. The third-order valence-corrected chi connectivity index (χ3v) is 6.42. The first kappa shape index (κ1) is 16.4. The molecule has 1 aromatic rings. The summed E-state index contributed by atoms with van der Waals surface area (Å²) in [6, 6.07) is 2.03. The normalized spacial score (nSPS) is 20.3. The summed E-state index contributed by atoms with van der Waals surface area (Å²) in [5, 5.41) is 0. The lowest BCUT2D eigenvalue weighted by Gasteiger charge is -2.34. The highest BCUT2D eigenvalue weighted by molar-refractivity contribution is 7.89. The number of aromatic nitrogens is 2. The van der Waals surface area contributed by atoms with Gasteiger partial charge in [-0.05, 0) is 26.7 Å². The van der Waals surface area contributed by atoms with Crippen LogP contribution in [-0.2, 0) is 10.0 Å². The molecule has 0 aliphatic carbocycles. The van der Waals surface area contributed by atoms with E-state index >= 15 is 0 Å². The molecule has 2 fully saturated rings. The summed E-state index contributed by atoms with van der Waals surface area (Å²) in [7, 11) is -3.10. The summed E-state index contributed by atoms with van der Waals surface area (Å²) in [5.74, 6) is 1.88. The van der Waals surface area contributed by atoms with Crippen LogP contribution in [0.3, 0.4) is 0 Å². The number of aryl methyl sites for hydroxylation is 1. The van der Waals surface area contributed by atoms with E-state index in [1.54, 1.807) is 11.2 Å². The summed E-state index contributed by atoms with van der Waals surface area (Å²) < 4.78 is 25.5. The van der Waals surface area contributed by atoms with Gasteiger partial charge in [-0.2, -0.15) is 9.29 Å². The zero-order valence-corrected chi connectivity index (χ0v) is 14.7. The van der Waals surface area contributed by atoms with Crippen LogP contribution in [0.25, 0.3) is 0 Å². The summed E-state index contributed by atoms with van der Waals surface area (Å²) in [5.41, 5.74) is 0.959. The molecule has 0 aromatic carbocycles. The molecular formula is C15H25N5O2S. The van der Waals surface area contributed by atoms with Gasteiger partial charge >= 0.3 is 0 Å². The summed E-state index contributed by atoms with van der Waals surface area (Å²) in [6.07, 6.45) is 2.43. The Morgan fingerprint density at radius 3 is 2.26 bits per heavy atom. The molecule has 0 unspecified atom stereocenters. The molecule has 2 aliphatic rings. The van der Waals surface area contributed by atoms with Gasteiger partial charge in [0.15, 0.2) is 0 Å². The van der Waals surface area contributed by atoms with E-state index in [2.05, 4.69) is 14.8 Å². The smallest absolute Gasteiger partial charge is 0.227 e. The van der Waals surface area contributed by atoms with Gasteiger partial charge in [0.25, 0.3) is 0 Å². The zero-order chi connectivity index (χ0) is 16.4. The average Bonchev–Trinajstić information content (AvgIpc) is 3.09. The molecule has 2 aliphatic heterocycles. The zero-order valence-electron chi connectivity index (χ0n) is 13.9. The maximum atomic E-state index is 11.9. The molecule has 7 nitrogen and oxygen atoms in total. The van der Waals surface area contributed by atoms with Gasteiger partial charge < -0.3 is 9.80 Å². The standard InChI is InChI=1S/C15H25N5O2S/c1-3-23(21,22)20-10-8-19(9-11-20)15-16-13(2)12-14(17-15)18-6-4-5-7-18/h12H,3-11H2,1-2H3. The lowest BCUT2D eigenvalue weighted by Crippen LogP contribution is -2.49. The van der Waals surface area contributed by atoms with E-state index in [4.69, 9.17) is 4.98 Å². The van der Waals surface area contributed by atoms with Crippen LogP contribution < -0.4 is 9.80 Å². The maximum absolute atomic E-state index is 11.9. The van der Waals surface area contributed by atoms with E-state index in [1.807, 2.05) is 13.0 Å². The van der Waals surface area contributed by atoms with Crippen molar-refractivity contribution < 1.29 is 8.42 Å². The Balaban J connectivity index is 1.73. The van der Waals surface area contributed by atoms with Gasteiger partial charge in [0, 0.05) is 51.0 Å². The van der Waals surface area contributed by atoms with Crippen molar-refractivity contribution in [2.45, 2.75) is 26.7 Å². The van der Waals surface area contributed by atoms with Crippen LogP contribution >= 0.6 is 0 Å². The Bertz CT molecular complexity index is 650. The third kappa shape index (κ3) is 3.58. The number of hydrogen-bond acceptors (Lipinski definition) is 6. The molecule has 0 N–H and O–H groups in total. The van der Waals surface area contributed by atoms with Crippen molar-refractivity contribution in [2.24, 2.45) is 0 Å². The molecule has 0 amide bonds. The van der Waals surface area contributed by atoms with Crippen LogP contribution in [0, 0.1) is 6.92 Å². The van der Waals surface area contributed by atoms with Crippen LogP contribution in [0.15, 0.2) is 6.07 Å². The molecule has 0 saturated carbocycles. The number of rotatable bonds is 4. The predicted octanol–water partition coefficient (Wildman–Crippen LogP) is 0.857. The van der Waals surface area contributed by atoms with E-state index in [9.17, 15) is 8.42 Å². The second kappa shape index (κ2) is 6.60. The van der Waals surface area contributed by atoms with E-state index in [0.29, 0.717) is 26.2 Å². The van der Waals surface area contributed by atoms with Crippen molar-refractivity contribution in [3.05, 3.63) is 11.8 Å². The van der Waals surface area contributed by atoms with Crippen molar-refractivity contribution in [1.82, 2.24) is 14.3 Å². The minimum atomic E-state index is -3.10. The second-order valence-electron chi connectivity index (χ2n) is 6.15. The first-order valence-electron chi connectivity index (χ1n) is 8.33. The molecule has 1 aromatic heterocycles. The highest BCUT2D eigenvalue weighted by atomic mass is 32.2. The number of hydrogen-bond donors (Lipinski definition) is 0. The van der Waals surface area contributed by atoms with Gasteiger partial charge in [-0.25, -0.2) is 13.4 Å². The number of piperazine rings is 1. The lowest BCUT2D eigenvalue weighted by atomic mass is 10.3. The molecule has 128 valence electrons. The Kier molecular flexibility index (Phi) is 4.72. The molecule has 0 bridgehead atoms. The average molecular weight is 339 g/mol. The fourth-order valence-corrected chi connectivity index (χ4v) is 4.22. The van der Waals surface area contributed by atoms with Gasteiger partial charge in [-0.15, -0.1) is 0 Å². The third-order valence-electron chi connectivity index (χ3n) is 4.54. The van der Waals surface area contributed by atoms with Crippen LogP contribution in [0.1, 0.15) is 25.5 Å². The lowest BCUT2D eigenvalue weighted by molar-refractivity contribution is 0.383. The van der Waals surface area contributed by atoms with Gasteiger partial charge in [0.05, 0.1) is 5.75 Å². The largest absolute Gasteiger partial charge is 0.356 e. The summed E-state index contributed by atoms with van der Waals surface area (Å²) in [6.45, 7) is 8.08. The van der Waals surface area contributed by atoms with Crippen LogP contribution in [0.2, 0.25) is 0 Å². The van der Waals surface area contributed by atoms with Crippen molar-refractivity contribution in [1.29, 1.82) is 0 Å². The van der Waals surface area contributed by atoms with E-state index in [1.165, 1.54) is 12.8 Å². The molecule has 0 atom stereocenters. The molecule has 2 saturated heterocycles. The molecule has 0 radical (unpaired) electrons. The highest BCUT2D eigenvalue weighted by Crippen LogP contribution is 2.22. The van der Waals surface area contributed by atoms with Gasteiger partial charge in [0.1, 0.15) is 5.82 Å². The molecule has 0 spiro atoms. The second-order valence-corrected chi connectivity index (χ2v) is 8.41. The highest BCUT2D eigenvalue weighted by Gasteiger charge is 2.27. The van der Waals surface area contributed by atoms with E-state index in [0.717, 1.165) is 30.5 Å². The first-order valence-corrected chi connectivity index (χ1v) is 9.94. The van der Waals surface area contributed by atoms with Gasteiger partial charge in [-0.1, -0.05) is 0 Å². The monoisotopic (exact) mass is 339 g/mol. The van der Waals surface area contributed by atoms with E-state index < -0.39 is 10.0 Å². The van der Waals surface area contributed by atoms with Crippen molar-refractivity contribution in [2.75, 3.05) is 54.8 Å². The van der Waals surface area contributed by atoms with Gasteiger partial charge in [-0.3, -0.25) is 0 Å². The van der Waals surface area contributed by atoms with Crippen LogP contribution in [-0.4, -0.2) is 67.7 Å². The predicted molar refractivity (Wildman–Crippen MR) is 91.5 cm³/mol. The van der Waals surface area contributed by atoms with Crippen molar-refractivity contribution >= 4 is 21.8 Å². The first-order chi connectivity index (χ1) is 11.0. The van der Waals surface area contributed by atoms with E-state index in [-0.39, 0.29) is 5.75 Å².